The average molecular weight is 244 g/mol. The first-order chi connectivity index (χ1) is 8.62. The summed E-state index contributed by atoms with van der Waals surface area (Å²) in [5.74, 6) is -0.101. The molecule has 0 radical (unpaired) electrons. The van der Waals surface area contributed by atoms with E-state index in [4.69, 9.17) is 0 Å². The summed E-state index contributed by atoms with van der Waals surface area (Å²) in [7, 11) is 0. The fraction of sp³-hybridized carbons (Fsp3) is 0.438. The van der Waals surface area contributed by atoms with Crippen molar-refractivity contribution < 1.29 is 9.90 Å². The predicted molar refractivity (Wildman–Crippen MR) is 73.2 cm³/mol. The third-order valence-electron chi connectivity index (χ3n) is 3.93. The molecular weight excluding hydrogens is 224 g/mol. The van der Waals surface area contributed by atoms with E-state index in [2.05, 4.69) is 6.92 Å². The van der Waals surface area contributed by atoms with Gasteiger partial charge in [0.25, 0.3) is 0 Å². The topological polar surface area (TPSA) is 37.3 Å². The summed E-state index contributed by atoms with van der Waals surface area (Å²) in [6, 6.07) is 10.0. The number of rotatable bonds is 4. The molecule has 2 heteroatoms. The van der Waals surface area contributed by atoms with Crippen LogP contribution in [0.5, 0.6) is 0 Å². The van der Waals surface area contributed by atoms with E-state index in [-0.39, 0.29) is 0 Å². The summed E-state index contributed by atoms with van der Waals surface area (Å²) < 4.78 is 0. The summed E-state index contributed by atoms with van der Waals surface area (Å²) in [6.45, 7) is 2.14. The second-order valence-electron chi connectivity index (χ2n) is 5.45. The summed E-state index contributed by atoms with van der Waals surface area (Å²) >= 11 is 0. The second-order valence-corrected chi connectivity index (χ2v) is 5.45. The highest BCUT2D eigenvalue weighted by Crippen LogP contribution is 2.44. The van der Waals surface area contributed by atoms with Crippen LogP contribution in [0.2, 0.25) is 0 Å². The number of hydrogen-bond acceptors (Lipinski definition) is 1. The normalized spacial score (nSPS) is 27.7. The summed E-state index contributed by atoms with van der Waals surface area (Å²) in [5.41, 5.74) is 0.606. The highest BCUT2D eigenvalue weighted by atomic mass is 16.4. The lowest BCUT2D eigenvalue weighted by Crippen LogP contribution is -2.27. The molecule has 1 aromatic carbocycles. The molecule has 18 heavy (non-hydrogen) atoms. The fourth-order valence-electron chi connectivity index (χ4n) is 2.85. The molecule has 0 bridgehead atoms. The predicted octanol–water partition coefficient (Wildman–Crippen LogP) is 3.98. The Balaban J connectivity index is 2.03. The number of aliphatic carboxylic acids is 1. The Morgan fingerprint density at radius 1 is 1.44 bits per heavy atom. The van der Waals surface area contributed by atoms with Crippen molar-refractivity contribution in [1.29, 1.82) is 0 Å². The Labute approximate surface area is 108 Å². The molecule has 0 spiro atoms. The van der Waals surface area contributed by atoms with Crippen molar-refractivity contribution in [1.82, 2.24) is 0 Å². The first-order valence-corrected chi connectivity index (χ1v) is 6.57. The van der Waals surface area contributed by atoms with Crippen LogP contribution in [0.4, 0.5) is 0 Å². The van der Waals surface area contributed by atoms with Crippen molar-refractivity contribution in [3.8, 4) is 0 Å². The molecule has 2 atom stereocenters. The second kappa shape index (κ2) is 5.38. The van der Waals surface area contributed by atoms with Crippen molar-refractivity contribution in [3.05, 3.63) is 42.0 Å². The molecule has 1 saturated carbocycles. The highest BCUT2D eigenvalue weighted by molar-refractivity contribution is 5.75. The van der Waals surface area contributed by atoms with Gasteiger partial charge in [0.2, 0.25) is 0 Å². The molecule has 1 aromatic rings. The van der Waals surface area contributed by atoms with Crippen LogP contribution in [0.3, 0.4) is 0 Å². The maximum atomic E-state index is 11.5. The number of carbonyl (C=O) groups is 1. The van der Waals surface area contributed by atoms with Crippen LogP contribution < -0.4 is 0 Å². The first kappa shape index (κ1) is 12.9. The molecule has 1 N–H and O–H groups in total. The zero-order valence-corrected chi connectivity index (χ0v) is 10.8. The van der Waals surface area contributed by atoms with E-state index in [0.717, 1.165) is 24.8 Å². The fourth-order valence-corrected chi connectivity index (χ4v) is 2.85. The Bertz CT molecular complexity index is 436. The number of carboxylic acids is 1. The molecule has 1 aliphatic carbocycles. The van der Waals surface area contributed by atoms with Crippen LogP contribution in [-0.4, -0.2) is 11.1 Å². The van der Waals surface area contributed by atoms with Crippen LogP contribution in [0, 0.1) is 11.3 Å². The lowest BCUT2D eigenvalue weighted by Gasteiger charge is -2.22. The molecule has 0 aliphatic heterocycles. The Morgan fingerprint density at radius 2 is 2.17 bits per heavy atom. The van der Waals surface area contributed by atoms with Gasteiger partial charge in [-0.15, -0.1) is 0 Å². The number of hydrogen-bond donors (Lipinski definition) is 1. The van der Waals surface area contributed by atoms with E-state index in [1.165, 1.54) is 0 Å². The van der Waals surface area contributed by atoms with Gasteiger partial charge in [0.1, 0.15) is 0 Å². The van der Waals surface area contributed by atoms with Crippen LogP contribution in [-0.2, 0) is 4.79 Å². The Morgan fingerprint density at radius 3 is 2.72 bits per heavy atom. The minimum atomic E-state index is -0.635. The molecular formula is C16H20O2. The van der Waals surface area contributed by atoms with Gasteiger partial charge in [-0.25, -0.2) is 0 Å². The van der Waals surface area contributed by atoms with Gasteiger partial charge < -0.3 is 5.11 Å². The van der Waals surface area contributed by atoms with Gasteiger partial charge in [0.15, 0.2) is 0 Å². The minimum Gasteiger partial charge on any atom is -0.481 e. The molecule has 2 rings (SSSR count). The minimum absolute atomic E-state index is 0.523. The third-order valence-corrected chi connectivity index (χ3v) is 3.93. The summed E-state index contributed by atoms with van der Waals surface area (Å²) in [6.07, 6.45) is 7.33. The lowest BCUT2D eigenvalue weighted by molar-refractivity contribution is -0.148. The van der Waals surface area contributed by atoms with E-state index < -0.39 is 11.4 Å². The van der Waals surface area contributed by atoms with E-state index in [9.17, 15) is 9.90 Å². The van der Waals surface area contributed by atoms with Crippen molar-refractivity contribution in [2.75, 3.05) is 0 Å². The monoisotopic (exact) mass is 244 g/mol. The SMILES string of the molecule is CC1CCC(CC=Cc2ccccc2)(C(=O)O)C1. The van der Waals surface area contributed by atoms with Crippen LogP contribution in [0.15, 0.2) is 36.4 Å². The van der Waals surface area contributed by atoms with Gasteiger partial charge in [-0.3, -0.25) is 4.79 Å². The Hall–Kier alpha value is -1.57. The van der Waals surface area contributed by atoms with Gasteiger partial charge in [-0.2, -0.15) is 0 Å². The molecule has 2 unspecified atom stereocenters. The quantitative estimate of drug-likeness (QED) is 0.869. The zero-order valence-electron chi connectivity index (χ0n) is 10.8. The largest absolute Gasteiger partial charge is 0.481 e. The molecule has 2 nitrogen and oxygen atoms in total. The van der Waals surface area contributed by atoms with Gasteiger partial charge in [0.05, 0.1) is 5.41 Å². The van der Waals surface area contributed by atoms with Gasteiger partial charge in [-0.1, -0.05) is 49.4 Å². The van der Waals surface area contributed by atoms with E-state index in [1.807, 2.05) is 42.5 Å². The van der Waals surface area contributed by atoms with E-state index in [0.29, 0.717) is 12.3 Å². The van der Waals surface area contributed by atoms with Crippen molar-refractivity contribution in [2.45, 2.75) is 32.6 Å². The zero-order chi connectivity index (χ0) is 13.0. The molecule has 96 valence electrons. The first-order valence-electron chi connectivity index (χ1n) is 6.57. The van der Waals surface area contributed by atoms with E-state index >= 15 is 0 Å². The van der Waals surface area contributed by atoms with Gasteiger partial charge >= 0.3 is 5.97 Å². The molecule has 1 fully saturated rings. The summed E-state index contributed by atoms with van der Waals surface area (Å²) in [5, 5.41) is 9.44. The lowest BCUT2D eigenvalue weighted by atomic mass is 9.82. The summed E-state index contributed by atoms with van der Waals surface area (Å²) in [4.78, 5) is 11.5. The number of carboxylic acid groups (broad SMARTS) is 1. The van der Waals surface area contributed by atoms with Crippen LogP contribution >= 0.6 is 0 Å². The molecule has 0 amide bonds. The number of allylic oxidation sites excluding steroid dienone is 1. The van der Waals surface area contributed by atoms with Crippen molar-refractivity contribution >= 4 is 12.0 Å². The van der Waals surface area contributed by atoms with Crippen LogP contribution in [0.1, 0.15) is 38.2 Å². The van der Waals surface area contributed by atoms with Crippen molar-refractivity contribution in [3.63, 3.8) is 0 Å². The maximum Gasteiger partial charge on any atom is 0.309 e. The molecule has 0 heterocycles. The Kier molecular flexibility index (Phi) is 3.85. The third kappa shape index (κ3) is 2.81. The standard InChI is InChI=1S/C16H20O2/c1-13-9-11-16(12-13,15(17)18)10-5-8-14-6-3-2-4-7-14/h2-8,13H,9-12H2,1H3,(H,17,18). The van der Waals surface area contributed by atoms with Crippen LogP contribution in [0.25, 0.3) is 6.08 Å². The van der Waals surface area contributed by atoms with Gasteiger partial charge in [-0.05, 0) is 37.2 Å². The molecule has 0 saturated heterocycles. The highest BCUT2D eigenvalue weighted by Gasteiger charge is 2.42. The maximum absolute atomic E-state index is 11.5. The number of benzene rings is 1. The van der Waals surface area contributed by atoms with Crippen molar-refractivity contribution in [2.24, 2.45) is 11.3 Å². The smallest absolute Gasteiger partial charge is 0.309 e. The van der Waals surface area contributed by atoms with E-state index in [1.54, 1.807) is 0 Å². The average Bonchev–Trinajstić information content (AvgIpc) is 2.74. The van der Waals surface area contributed by atoms with Gasteiger partial charge in [0, 0.05) is 0 Å². The molecule has 0 aromatic heterocycles. The molecule has 1 aliphatic rings.